The molecule has 4 saturated carbocycles. The fourth-order valence-corrected chi connectivity index (χ4v) is 18.8. The Labute approximate surface area is 566 Å². The summed E-state index contributed by atoms with van der Waals surface area (Å²) < 4.78 is 72.3. The average molecular weight is 1400 g/mol. The largest absolute Gasteiger partial charge is 0.497 e. The van der Waals surface area contributed by atoms with Gasteiger partial charge in [-0.2, -0.15) is 0 Å². The second kappa shape index (κ2) is 28.2. The molecular formula is C68H100O30. The Kier molecular flexibility index (Phi) is 21.6. The second-order valence-corrected chi connectivity index (χ2v) is 30.6. The zero-order valence-electron chi connectivity index (χ0n) is 56.3. The van der Waals surface area contributed by atoms with Crippen LogP contribution >= 0.6 is 0 Å². The van der Waals surface area contributed by atoms with Crippen LogP contribution in [-0.2, 0) is 66.5 Å². The molecule has 30 nitrogen and oxygen atoms in total. The number of hydrogen-bond acceptors (Lipinski definition) is 29. The number of aliphatic hydroxyl groups is 14. The molecule has 5 aliphatic carbocycles. The van der Waals surface area contributed by atoms with E-state index in [2.05, 4.69) is 26.8 Å². The Hall–Kier alpha value is -4.01. The van der Waals surface area contributed by atoms with Gasteiger partial charge in [-0.1, -0.05) is 51.5 Å². The summed E-state index contributed by atoms with van der Waals surface area (Å²) in [5.41, 5.74) is -7.21. The van der Waals surface area contributed by atoms with E-state index in [1.165, 1.54) is 34.0 Å². The summed E-state index contributed by atoms with van der Waals surface area (Å²) in [6, 6.07) is 6.74. The van der Waals surface area contributed by atoms with E-state index in [-0.39, 0.29) is 50.0 Å². The van der Waals surface area contributed by atoms with Crippen molar-refractivity contribution < 1.29 is 148 Å². The van der Waals surface area contributed by atoms with E-state index in [0.29, 0.717) is 37.0 Å². The molecule has 1 aromatic carbocycles. The van der Waals surface area contributed by atoms with Gasteiger partial charge in [-0.15, -0.1) is 0 Å². The number of methoxy groups -OCH3 is 1. The number of rotatable bonds is 18. The van der Waals surface area contributed by atoms with E-state index in [1.54, 1.807) is 24.3 Å². The highest BCUT2D eigenvalue weighted by Crippen LogP contribution is 2.76. The minimum atomic E-state index is -2.23. The molecule has 32 atom stereocenters. The third kappa shape index (κ3) is 12.8. The number of aliphatic carboxylic acids is 1. The quantitative estimate of drug-likeness (QED) is 0.0341. The summed E-state index contributed by atoms with van der Waals surface area (Å²) in [6.45, 7) is 9.36. The van der Waals surface area contributed by atoms with Crippen LogP contribution in [0.2, 0.25) is 0 Å². The van der Waals surface area contributed by atoms with Gasteiger partial charge >= 0.3 is 17.9 Å². The van der Waals surface area contributed by atoms with Crippen LogP contribution in [0.1, 0.15) is 112 Å². The first-order valence-corrected chi connectivity index (χ1v) is 34.0. The van der Waals surface area contributed by atoms with Gasteiger partial charge in [-0.25, -0.2) is 4.79 Å². The Morgan fingerprint density at radius 2 is 1.27 bits per heavy atom. The summed E-state index contributed by atoms with van der Waals surface area (Å²) in [4.78, 5) is 43.7. The number of aliphatic hydroxyl groups excluding tert-OH is 13. The van der Waals surface area contributed by atoms with Gasteiger partial charge in [0.05, 0.1) is 69.3 Å². The summed E-state index contributed by atoms with van der Waals surface area (Å²) in [5.74, 6) is -4.13. The van der Waals surface area contributed by atoms with E-state index < -0.39 is 230 Å². The second-order valence-electron chi connectivity index (χ2n) is 30.6. The Morgan fingerprint density at radius 1 is 0.622 bits per heavy atom. The van der Waals surface area contributed by atoms with Crippen molar-refractivity contribution in [1.82, 2.24) is 0 Å². The molecule has 5 saturated heterocycles. The lowest BCUT2D eigenvalue weighted by Crippen LogP contribution is -2.71. The Bertz CT molecular complexity index is 3060. The van der Waals surface area contributed by atoms with Gasteiger partial charge in [-0.3, -0.25) is 9.59 Å². The fraction of sp³-hybridized carbons (Fsp3) is 0.809. The first-order chi connectivity index (χ1) is 46.1. The van der Waals surface area contributed by atoms with Crippen molar-refractivity contribution in [2.45, 2.75) is 253 Å². The van der Waals surface area contributed by atoms with E-state index in [1.807, 2.05) is 6.92 Å². The Balaban J connectivity index is 0.904. The maximum Gasteiger partial charge on any atom is 0.331 e. The molecular weight excluding hydrogens is 1300 g/mol. The molecule has 1 aromatic rings. The molecule has 11 rings (SSSR count). The molecule has 0 spiro atoms. The van der Waals surface area contributed by atoms with Gasteiger partial charge in [0.1, 0.15) is 90.7 Å². The molecule has 98 heavy (non-hydrogen) atoms. The van der Waals surface area contributed by atoms with Gasteiger partial charge in [0, 0.05) is 11.5 Å². The number of carbonyl (C=O) groups is 3. The summed E-state index contributed by atoms with van der Waals surface area (Å²) in [5, 5.41) is 167. The lowest BCUT2D eigenvalue weighted by molar-refractivity contribution is -0.384. The highest BCUT2D eigenvalue weighted by molar-refractivity contribution is 5.87. The van der Waals surface area contributed by atoms with Gasteiger partial charge < -0.3 is 133 Å². The van der Waals surface area contributed by atoms with Crippen LogP contribution in [0.25, 0.3) is 6.08 Å². The maximum absolute atomic E-state index is 16.0. The number of carboxylic acid groups (broad SMARTS) is 1. The average Bonchev–Trinajstić information content (AvgIpc) is 0.836. The van der Waals surface area contributed by atoms with Crippen LogP contribution in [-0.4, -0.2) is 282 Å². The number of hydrogen-bond donors (Lipinski definition) is 15. The predicted octanol–water partition coefficient (Wildman–Crippen LogP) is -1.60. The lowest BCUT2D eigenvalue weighted by Gasteiger charge is -2.71. The third-order valence-corrected chi connectivity index (χ3v) is 24.6. The summed E-state index contributed by atoms with van der Waals surface area (Å²) in [7, 11) is 1.50. The monoisotopic (exact) mass is 1400 g/mol. The molecule has 9 fully saturated rings. The van der Waals surface area contributed by atoms with Gasteiger partial charge in [0.2, 0.25) is 6.29 Å². The number of allylic oxidation sites excluding steroid dienone is 1. The van der Waals surface area contributed by atoms with Crippen molar-refractivity contribution in [3.8, 4) is 5.75 Å². The summed E-state index contributed by atoms with van der Waals surface area (Å²) in [6.07, 6.45) is -32.0. The zero-order chi connectivity index (χ0) is 71.3. The van der Waals surface area contributed by atoms with Crippen molar-refractivity contribution >= 4 is 24.0 Å². The molecule has 32 unspecified atom stereocenters. The SMILES string of the molecule is COc1ccc(C=CC(=O)OC2C(C)OC(OC(=O)C34CCC(C)(C)CC3C3=CCC5C6(C)CC(O)C(OC7OC(CO)C(O)C(O)C7O)C(C)(C(=O)O)C6CCC5(C)C3(CO)CC4)C(OC3OC(C)C(OC4OCC(O)C(O)C4O)C(OC4OCC(O)(CO)C4O)C3O)C2O)cc1. The number of esters is 2. The van der Waals surface area contributed by atoms with E-state index in [4.69, 9.17) is 56.8 Å². The molecule has 5 aliphatic heterocycles. The molecule has 15 N–H and O–H groups in total. The van der Waals surface area contributed by atoms with Crippen LogP contribution in [0.5, 0.6) is 5.75 Å². The van der Waals surface area contributed by atoms with Crippen LogP contribution in [0.15, 0.2) is 42.0 Å². The number of carboxylic acids is 1. The van der Waals surface area contributed by atoms with Crippen LogP contribution in [0.3, 0.4) is 0 Å². The molecule has 552 valence electrons. The van der Waals surface area contributed by atoms with Gasteiger partial charge in [0.25, 0.3) is 0 Å². The number of benzene rings is 1. The molecule has 5 heterocycles. The summed E-state index contributed by atoms with van der Waals surface area (Å²) >= 11 is 0. The van der Waals surface area contributed by atoms with Crippen molar-refractivity contribution in [3.05, 3.63) is 47.6 Å². The first-order valence-electron chi connectivity index (χ1n) is 34.0. The molecule has 0 bridgehead atoms. The first kappa shape index (κ1) is 75.2. The van der Waals surface area contributed by atoms with E-state index in [0.717, 1.165) is 11.6 Å². The number of carbonyl (C=O) groups excluding carboxylic acids is 2. The topological polar surface area (TPSA) is 465 Å². The zero-order valence-corrected chi connectivity index (χ0v) is 56.3. The minimum absolute atomic E-state index is 0.00287. The van der Waals surface area contributed by atoms with Crippen molar-refractivity contribution in [2.75, 3.05) is 40.1 Å². The van der Waals surface area contributed by atoms with E-state index >= 15 is 4.79 Å². The lowest BCUT2D eigenvalue weighted by atomic mass is 9.33. The van der Waals surface area contributed by atoms with Gasteiger partial charge in [-0.05, 0) is 136 Å². The van der Waals surface area contributed by atoms with Crippen LogP contribution < -0.4 is 4.74 Å². The van der Waals surface area contributed by atoms with Crippen LogP contribution in [0, 0.1) is 50.2 Å². The van der Waals surface area contributed by atoms with Crippen molar-refractivity contribution in [2.24, 2.45) is 50.2 Å². The Morgan fingerprint density at radius 3 is 1.92 bits per heavy atom. The molecule has 0 aromatic heterocycles. The highest BCUT2D eigenvalue weighted by Gasteiger charge is 2.74. The number of fused-ring (bicyclic) bond motifs is 7. The standard InChI is InChI=1S/C68H100O30/c1-30-49(93-41(74)16-11-32-9-12-33(87-8)13-10-32)47(80)52(96-57-48(81)51(95-59-53(82)68(86,28-71)29-89-59)50(31(2)90-57)94-55-45(78)42(75)37(73)26-88-55)58(91-30)98-61(85)66-20-19-62(3,4)23-35(66)34-14-15-39-63(5)24-36(72)54(97-56-46(79)44(77)43(76)38(25-69)92-56)65(7,60(83)84)40(63)17-18-64(39,6)67(34,27-70)22-21-66/h9-14,16,30-31,35-40,42-59,69-73,75-82,86H,15,17-29H2,1-8H3,(H,83,84). The van der Waals surface area contributed by atoms with Gasteiger partial charge in [0.15, 0.2) is 37.4 Å². The molecule has 0 radical (unpaired) electrons. The predicted molar refractivity (Wildman–Crippen MR) is 331 cm³/mol. The maximum atomic E-state index is 16.0. The molecule has 0 amide bonds. The van der Waals surface area contributed by atoms with Crippen LogP contribution in [0.4, 0.5) is 0 Å². The van der Waals surface area contributed by atoms with Crippen molar-refractivity contribution in [1.29, 1.82) is 0 Å². The third-order valence-electron chi connectivity index (χ3n) is 24.6. The molecule has 10 aliphatic rings. The highest BCUT2D eigenvalue weighted by atomic mass is 16.8. The normalized spacial score (nSPS) is 49.3. The number of ether oxygens (including phenoxy) is 12. The molecule has 30 heteroatoms. The fourth-order valence-electron chi connectivity index (χ4n) is 18.8. The van der Waals surface area contributed by atoms with E-state index in [9.17, 15) is 86.2 Å². The minimum Gasteiger partial charge on any atom is -0.497 e. The smallest absolute Gasteiger partial charge is 0.331 e. The van der Waals surface area contributed by atoms with Crippen molar-refractivity contribution in [3.63, 3.8) is 0 Å².